The highest BCUT2D eigenvalue weighted by Crippen LogP contribution is 2.17. The van der Waals surface area contributed by atoms with Crippen LogP contribution in [-0.2, 0) is 6.42 Å². The van der Waals surface area contributed by atoms with E-state index in [1.54, 1.807) is 5.57 Å². The van der Waals surface area contributed by atoms with Crippen LogP contribution in [-0.4, -0.2) is 4.98 Å². The maximum absolute atomic E-state index is 3.09. The van der Waals surface area contributed by atoms with Crippen LogP contribution in [0.3, 0.4) is 0 Å². The summed E-state index contributed by atoms with van der Waals surface area (Å²) in [7, 11) is 0. The van der Waals surface area contributed by atoms with Crippen molar-refractivity contribution in [1.29, 1.82) is 0 Å². The van der Waals surface area contributed by atoms with Crippen molar-refractivity contribution in [1.82, 2.24) is 4.98 Å². The molecule has 0 atom stereocenters. The van der Waals surface area contributed by atoms with E-state index >= 15 is 0 Å². The molecule has 1 nitrogen and oxygen atoms in total. The number of unbranched alkanes of at least 4 members (excludes halogenated alkanes) is 1. The average Bonchev–Trinajstić information content (AvgIpc) is 2.86. The maximum atomic E-state index is 3.09. The minimum Gasteiger partial charge on any atom is -0.367 e. The van der Waals surface area contributed by atoms with E-state index < -0.39 is 0 Å². The van der Waals surface area contributed by atoms with Crippen molar-refractivity contribution >= 4 is 0 Å². The van der Waals surface area contributed by atoms with E-state index in [-0.39, 0.29) is 0 Å². The second-order valence-electron chi connectivity index (χ2n) is 3.88. The number of aryl methyl sites for hydroxylation is 1. The Morgan fingerprint density at radius 2 is 2.14 bits per heavy atom. The van der Waals surface area contributed by atoms with Crippen LogP contribution in [0, 0.1) is 0 Å². The fourth-order valence-electron chi connectivity index (χ4n) is 1.87. The van der Waals surface area contributed by atoms with Gasteiger partial charge < -0.3 is 4.98 Å². The third-order valence-corrected chi connectivity index (χ3v) is 2.72. The van der Waals surface area contributed by atoms with E-state index in [1.807, 2.05) is 6.20 Å². The molecule has 1 heterocycles. The van der Waals surface area contributed by atoms with Gasteiger partial charge in [0.2, 0.25) is 0 Å². The summed E-state index contributed by atoms with van der Waals surface area (Å²) < 4.78 is 0. The maximum Gasteiger partial charge on any atom is 0.00373 e. The molecular weight excluding hydrogens is 170 g/mol. The van der Waals surface area contributed by atoms with Gasteiger partial charge >= 0.3 is 0 Å². The average molecular weight is 187 g/mol. The van der Waals surface area contributed by atoms with Gasteiger partial charge in [0.05, 0.1) is 0 Å². The summed E-state index contributed by atoms with van der Waals surface area (Å²) in [5.74, 6) is 0. The molecule has 0 aliphatic heterocycles. The topological polar surface area (TPSA) is 15.8 Å². The normalized spacial score (nSPS) is 14.7. The molecule has 1 aliphatic carbocycles. The Morgan fingerprint density at radius 3 is 2.86 bits per heavy atom. The molecule has 0 saturated heterocycles. The van der Waals surface area contributed by atoms with Gasteiger partial charge in [0.25, 0.3) is 0 Å². The minimum atomic E-state index is 1.18. The molecule has 1 heteroatoms. The summed E-state index contributed by atoms with van der Waals surface area (Å²) in [6, 6.07) is 2.16. The van der Waals surface area contributed by atoms with Crippen molar-refractivity contribution in [3.63, 3.8) is 0 Å². The predicted molar refractivity (Wildman–Crippen MR) is 60.2 cm³/mol. The van der Waals surface area contributed by atoms with Gasteiger partial charge in [-0.2, -0.15) is 0 Å². The lowest BCUT2D eigenvalue weighted by molar-refractivity contribution is 0.725. The van der Waals surface area contributed by atoms with Crippen molar-refractivity contribution in [2.75, 3.05) is 0 Å². The van der Waals surface area contributed by atoms with Gasteiger partial charge in [0.15, 0.2) is 0 Å². The first-order chi connectivity index (χ1) is 6.95. The van der Waals surface area contributed by atoms with Crippen LogP contribution in [0.5, 0.6) is 0 Å². The van der Waals surface area contributed by atoms with E-state index in [0.717, 1.165) is 0 Å². The SMILES string of the molecule is C1=CCC(CCCCc2cc[nH]c2)=C1. The Balaban J connectivity index is 1.60. The Bertz CT molecular complexity index is 317. The van der Waals surface area contributed by atoms with Crippen molar-refractivity contribution in [3.05, 3.63) is 47.8 Å². The zero-order chi connectivity index (χ0) is 9.64. The van der Waals surface area contributed by atoms with Crippen molar-refractivity contribution in [2.45, 2.75) is 32.1 Å². The van der Waals surface area contributed by atoms with Gasteiger partial charge in [-0.25, -0.2) is 0 Å². The summed E-state index contributed by atoms with van der Waals surface area (Å²) in [4.78, 5) is 3.09. The molecule has 1 aromatic rings. The Labute approximate surface area is 85.5 Å². The molecule has 14 heavy (non-hydrogen) atoms. The van der Waals surface area contributed by atoms with Crippen LogP contribution in [0.25, 0.3) is 0 Å². The number of H-pyrrole nitrogens is 1. The molecule has 1 aliphatic rings. The molecule has 74 valence electrons. The van der Waals surface area contributed by atoms with Crippen LogP contribution in [0.1, 0.15) is 31.2 Å². The largest absolute Gasteiger partial charge is 0.367 e. The molecule has 1 aromatic heterocycles. The van der Waals surface area contributed by atoms with Crippen LogP contribution in [0.4, 0.5) is 0 Å². The highest BCUT2D eigenvalue weighted by atomic mass is 14.6. The minimum absolute atomic E-state index is 1.18. The third kappa shape index (κ3) is 2.63. The predicted octanol–water partition coefficient (Wildman–Crippen LogP) is 3.61. The number of hydrogen-bond acceptors (Lipinski definition) is 0. The summed E-state index contributed by atoms with van der Waals surface area (Å²) in [5.41, 5.74) is 3.03. The second-order valence-corrected chi connectivity index (χ2v) is 3.88. The lowest BCUT2D eigenvalue weighted by atomic mass is 10.1. The fourth-order valence-corrected chi connectivity index (χ4v) is 1.87. The molecule has 1 N–H and O–H groups in total. The molecular formula is C13H17N. The number of allylic oxidation sites excluding steroid dienone is 4. The molecule has 0 amide bonds. The van der Waals surface area contributed by atoms with Gasteiger partial charge in [0.1, 0.15) is 0 Å². The van der Waals surface area contributed by atoms with Crippen LogP contribution in [0.15, 0.2) is 42.3 Å². The smallest absolute Gasteiger partial charge is 0.00373 e. The van der Waals surface area contributed by atoms with Gasteiger partial charge in [-0.05, 0) is 43.7 Å². The van der Waals surface area contributed by atoms with E-state index in [2.05, 4.69) is 35.5 Å². The fraction of sp³-hybridized carbons (Fsp3) is 0.385. The van der Waals surface area contributed by atoms with E-state index in [4.69, 9.17) is 0 Å². The molecule has 0 saturated carbocycles. The van der Waals surface area contributed by atoms with Crippen LogP contribution in [0.2, 0.25) is 0 Å². The van der Waals surface area contributed by atoms with E-state index in [0.29, 0.717) is 0 Å². The quantitative estimate of drug-likeness (QED) is 0.678. The van der Waals surface area contributed by atoms with Gasteiger partial charge in [-0.3, -0.25) is 0 Å². The molecule has 0 spiro atoms. The summed E-state index contributed by atoms with van der Waals surface area (Å²) >= 11 is 0. The van der Waals surface area contributed by atoms with Crippen LogP contribution >= 0.6 is 0 Å². The number of aromatic amines is 1. The zero-order valence-corrected chi connectivity index (χ0v) is 8.50. The third-order valence-electron chi connectivity index (χ3n) is 2.72. The lowest BCUT2D eigenvalue weighted by Gasteiger charge is -2.00. The summed E-state index contributed by atoms with van der Waals surface area (Å²) in [6.07, 6.45) is 17.0. The Morgan fingerprint density at radius 1 is 1.21 bits per heavy atom. The zero-order valence-electron chi connectivity index (χ0n) is 8.50. The standard InChI is InChI=1S/C13H17N/c1-2-6-12(5-1)7-3-4-8-13-9-10-14-11-13/h1-2,5,9-11,14H,3-4,6-8H2. The Hall–Kier alpha value is -1.24. The molecule has 0 bridgehead atoms. The summed E-state index contributed by atoms with van der Waals surface area (Å²) in [5, 5.41) is 0. The Kier molecular flexibility index (Phi) is 3.23. The molecule has 2 rings (SSSR count). The summed E-state index contributed by atoms with van der Waals surface area (Å²) in [6.45, 7) is 0. The van der Waals surface area contributed by atoms with Gasteiger partial charge in [0, 0.05) is 12.4 Å². The van der Waals surface area contributed by atoms with Gasteiger partial charge in [-0.15, -0.1) is 0 Å². The number of hydrogen-bond donors (Lipinski definition) is 1. The monoisotopic (exact) mass is 187 g/mol. The van der Waals surface area contributed by atoms with Crippen molar-refractivity contribution in [3.8, 4) is 0 Å². The van der Waals surface area contributed by atoms with E-state index in [9.17, 15) is 0 Å². The number of aromatic nitrogens is 1. The highest BCUT2D eigenvalue weighted by Gasteiger charge is 1.99. The van der Waals surface area contributed by atoms with Crippen LogP contribution < -0.4 is 0 Å². The lowest BCUT2D eigenvalue weighted by Crippen LogP contribution is -1.85. The van der Waals surface area contributed by atoms with Gasteiger partial charge in [-0.1, -0.05) is 23.8 Å². The first-order valence-electron chi connectivity index (χ1n) is 5.41. The van der Waals surface area contributed by atoms with Crippen molar-refractivity contribution < 1.29 is 0 Å². The highest BCUT2D eigenvalue weighted by molar-refractivity contribution is 5.22. The van der Waals surface area contributed by atoms with E-state index in [1.165, 1.54) is 37.7 Å². The number of nitrogens with one attached hydrogen (secondary N) is 1. The van der Waals surface area contributed by atoms with Crippen molar-refractivity contribution in [2.24, 2.45) is 0 Å². The number of rotatable bonds is 5. The molecule has 0 fully saturated rings. The molecule has 0 unspecified atom stereocenters. The first-order valence-corrected chi connectivity index (χ1v) is 5.41. The first kappa shape index (κ1) is 9.32. The second kappa shape index (κ2) is 4.85. The molecule has 0 radical (unpaired) electrons. The molecule has 0 aromatic carbocycles.